The molecule has 0 unspecified atom stereocenters. The number of pyridine rings is 1. The van der Waals surface area contributed by atoms with Gasteiger partial charge in [0.15, 0.2) is 0 Å². The molecule has 4 heteroatoms. The van der Waals surface area contributed by atoms with Gasteiger partial charge in [0.05, 0.1) is 0 Å². The summed E-state index contributed by atoms with van der Waals surface area (Å²) < 4.78 is 0. The number of urea groups is 1. The quantitative estimate of drug-likeness (QED) is 0.898. The van der Waals surface area contributed by atoms with E-state index in [1.165, 1.54) is 0 Å². The van der Waals surface area contributed by atoms with E-state index in [9.17, 15) is 4.79 Å². The fraction of sp³-hybridized carbons (Fsp3) is 0.143. The number of benzene rings is 1. The van der Waals surface area contributed by atoms with Crippen LogP contribution in [0.2, 0.25) is 0 Å². The summed E-state index contributed by atoms with van der Waals surface area (Å²) in [4.78, 5) is 17.6. The van der Waals surface area contributed by atoms with Crippen molar-refractivity contribution in [3.05, 3.63) is 60.3 Å². The van der Waals surface area contributed by atoms with Gasteiger partial charge in [0.2, 0.25) is 0 Å². The summed E-state index contributed by atoms with van der Waals surface area (Å²) >= 11 is 0. The van der Waals surface area contributed by atoms with Gasteiger partial charge in [0.1, 0.15) is 5.82 Å². The molecule has 1 N–H and O–H groups in total. The van der Waals surface area contributed by atoms with Gasteiger partial charge in [0.25, 0.3) is 0 Å². The topological polar surface area (TPSA) is 45.2 Å². The normalized spacial score (nSPS) is 9.83. The SMILES string of the molecule is CN(Cc1ccccc1)C(=O)Nc1ccccn1. The molecule has 0 radical (unpaired) electrons. The van der Waals surface area contributed by atoms with Crippen molar-refractivity contribution in [3.63, 3.8) is 0 Å². The molecule has 0 saturated heterocycles. The van der Waals surface area contributed by atoms with E-state index in [1.807, 2.05) is 42.5 Å². The Morgan fingerprint density at radius 1 is 1.17 bits per heavy atom. The van der Waals surface area contributed by atoms with Crippen molar-refractivity contribution >= 4 is 11.8 Å². The number of aromatic nitrogens is 1. The van der Waals surface area contributed by atoms with Crippen LogP contribution in [0.3, 0.4) is 0 Å². The van der Waals surface area contributed by atoms with Crippen LogP contribution in [0.1, 0.15) is 5.56 Å². The van der Waals surface area contributed by atoms with Crippen LogP contribution in [0.15, 0.2) is 54.7 Å². The molecular weight excluding hydrogens is 226 g/mol. The van der Waals surface area contributed by atoms with E-state index < -0.39 is 0 Å². The number of rotatable bonds is 3. The van der Waals surface area contributed by atoms with Crippen LogP contribution in [0.5, 0.6) is 0 Å². The minimum atomic E-state index is -0.169. The van der Waals surface area contributed by atoms with Crippen LogP contribution in [0.4, 0.5) is 10.6 Å². The molecule has 2 amide bonds. The van der Waals surface area contributed by atoms with Crippen molar-refractivity contribution < 1.29 is 4.79 Å². The highest BCUT2D eigenvalue weighted by atomic mass is 16.2. The van der Waals surface area contributed by atoms with Crippen LogP contribution in [0, 0.1) is 0 Å². The van der Waals surface area contributed by atoms with Crippen molar-refractivity contribution in [3.8, 4) is 0 Å². The van der Waals surface area contributed by atoms with Crippen molar-refractivity contribution in [2.45, 2.75) is 6.54 Å². The van der Waals surface area contributed by atoms with Gasteiger partial charge in [-0.25, -0.2) is 9.78 Å². The molecule has 0 saturated carbocycles. The zero-order valence-corrected chi connectivity index (χ0v) is 10.2. The number of nitrogens with one attached hydrogen (secondary N) is 1. The van der Waals surface area contributed by atoms with Crippen molar-refractivity contribution in [1.82, 2.24) is 9.88 Å². The van der Waals surface area contributed by atoms with E-state index in [0.29, 0.717) is 12.4 Å². The number of nitrogens with zero attached hydrogens (tertiary/aromatic N) is 2. The number of hydrogen-bond acceptors (Lipinski definition) is 2. The standard InChI is InChI=1S/C14H15N3O/c1-17(11-12-7-3-2-4-8-12)14(18)16-13-9-5-6-10-15-13/h2-10H,11H2,1H3,(H,15,16,18). The molecule has 18 heavy (non-hydrogen) atoms. The van der Waals surface area contributed by atoms with Gasteiger partial charge >= 0.3 is 6.03 Å². The molecule has 1 aromatic heterocycles. The molecule has 92 valence electrons. The maximum absolute atomic E-state index is 11.9. The summed E-state index contributed by atoms with van der Waals surface area (Å²) in [6.07, 6.45) is 1.65. The first-order valence-electron chi connectivity index (χ1n) is 5.73. The lowest BCUT2D eigenvalue weighted by atomic mass is 10.2. The van der Waals surface area contributed by atoms with E-state index >= 15 is 0 Å². The zero-order valence-electron chi connectivity index (χ0n) is 10.2. The van der Waals surface area contributed by atoms with Gasteiger partial charge in [-0.1, -0.05) is 36.4 Å². The fourth-order valence-corrected chi connectivity index (χ4v) is 1.57. The zero-order chi connectivity index (χ0) is 12.8. The van der Waals surface area contributed by atoms with Crippen molar-refractivity contribution in [1.29, 1.82) is 0 Å². The fourth-order valence-electron chi connectivity index (χ4n) is 1.57. The number of anilines is 1. The maximum Gasteiger partial charge on any atom is 0.323 e. The Kier molecular flexibility index (Phi) is 3.91. The Bertz CT molecular complexity index is 499. The van der Waals surface area contributed by atoms with Crippen molar-refractivity contribution in [2.24, 2.45) is 0 Å². The van der Waals surface area contributed by atoms with Crippen LogP contribution in [-0.2, 0) is 6.54 Å². The molecule has 0 aliphatic rings. The molecule has 1 aromatic carbocycles. The summed E-state index contributed by atoms with van der Waals surface area (Å²) in [5.41, 5.74) is 1.09. The van der Waals surface area contributed by atoms with Gasteiger partial charge in [-0.2, -0.15) is 0 Å². The van der Waals surface area contributed by atoms with E-state index in [1.54, 1.807) is 24.2 Å². The summed E-state index contributed by atoms with van der Waals surface area (Å²) in [6, 6.07) is 15.1. The molecule has 0 aliphatic heterocycles. The molecular formula is C14H15N3O. The predicted molar refractivity (Wildman–Crippen MR) is 71.2 cm³/mol. The molecule has 2 rings (SSSR count). The second kappa shape index (κ2) is 5.82. The first-order chi connectivity index (χ1) is 8.75. The predicted octanol–water partition coefficient (Wildman–Crippen LogP) is 2.75. The average Bonchev–Trinajstić information content (AvgIpc) is 2.41. The maximum atomic E-state index is 11.9. The highest BCUT2D eigenvalue weighted by Gasteiger charge is 2.09. The van der Waals surface area contributed by atoms with Crippen LogP contribution >= 0.6 is 0 Å². The van der Waals surface area contributed by atoms with Crippen LogP contribution in [0.25, 0.3) is 0 Å². The van der Waals surface area contributed by atoms with Crippen LogP contribution < -0.4 is 5.32 Å². The number of carbonyl (C=O) groups is 1. The van der Waals surface area contributed by atoms with Crippen LogP contribution in [-0.4, -0.2) is 23.0 Å². The third kappa shape index (κ3) is 3.31. The number of hydrogen-bond donors (Lipinski definition) is 1. The smallest absolute Gasteiger partial charge is 0.323 e. The van der Waals surface area contributed by atoms with E-state index in [4.69, 9.17) is 0 Å². The monoisotopic (exact) mass is 241 g/mol. The minimum Gasteiger partial charge on any atom is -0.323 e. The molecule has 4 nitrogen and oxygen atoms in total. The van der Waals surface area contributed by atoms with E-state index in [0.717, 1.165) is 5.56 Å². The molecule has 1 heterocycles. The summed E-state index contributed by atoms with van der Waals surface area (Å²) in [6.45, 7) is 0.569. The lowest BCUT2D eigenvalue weighted by molar-refractivity contribution is 0.220. The molecule has 0 bridgehead atoms. The van der Waals surface area contributed by atoms with E-state index in [2.05, 4.69) is 10.3 Å². The summed E-state index contributed by atoms with van der Waals surface area (Å²) in [7, 11) is 1.76. The number of carbonyl (C=O) groups excluding carboxylic acids is 1. The molecule has 0 aliphatic carbocycles. The highest BCUT2D eigenvalue weighted by Crippen LogP contribution is 2.05. The van der Waals surface area contributed by atoms with Crippen molar-refractivity contribution in [2.75, 3.05) is 12.4 Å². The van der Waals surface area contributed by atoms with Gasteiger partial charge < -0.3 is 4.90 Å². The molecule has 2 aromatic rings. The van der Waals surface area contributed by atoms with Gasteiger partial charge in [-0.3, -0.25) is 5.32 Å². The second-order valence-electron chi connectivity index (χ2n) is 3.99. The Morgan fingerprint density at radius 2 is 1.89 bits per heavy atom. The largest absolute Gasteiger partial charge is 0.323 e. The molecule has 0 atom stereocenters. The molecule has 0 fully saturated rings. The van der Waals surface area contributed by atoms with Gasteiger partial charge in [0, 0.05) is 19.8 Å². The third-order valence-corrected chi connectivity index (χ3v) is 2.51. The highest BCUT2D eigenvalue weighted by molar-refractivity contribution is 5.87. The summed E-state index contributed by atoms with van der Waals surface area (Å²) in [5.74, 6) is 0.558. The lowest BCUT2D eigenvalue weighted by Gasteiger charge is -2.17. The Labute approximate surface area is 106 Å². The first-order valence-corrected chi connectivity index (χ1v) is 5.73. The molecule has 0 spiro atoms. The summed E-state index contributed by atoms with van der Waals surface area (Å²) in [5, 5.41) is 2.74. The van der Waals surface area contributed by atoms with E-state index in [-0.39, 0.29) is 6.03 Å². The average molecular weight is 241 g/mol. The lowest BCUT2D eigenvalue weighted by Crippen LogP contribution is -2.31. The second-order valence-corrected chi connectivity index (χ2v) is 3.99. The van der Waals surface area contributed by atoms with Gasteiger partial charge in [-0.05, 0) is 17.7 Å². The minimum absolute atomic E-state index is 0.169. The van der Waals surface area contributed by atoms with Gasteiger partial charge in [-0.15, -0.1) is 0 Å². The Hall–Kier alpha value is -2.36. The third-order valence-electron chi connectivity index (χ3n) is 2.51. The Balaban J connectivity index is 1.93. The first kappa shape index (κ1) is 12.1. The number of amides is 2. The Morgan fingerprint density at radius 3 is 2.56 bits per heavy atom.